The van der Waals surface area contributed by atoms with Crippen LogP contribution in [0.15, 0.2) is 60.7 Å². The number of carbonyl (C=O) groups excluding carboxylic acids is 1. The van der Waals surface area contributed by atoms with Crippen LogP contribution in [0, 0.1) is 0 Å². The van der Waals surface area contributed by atoms with Gasteiger partial charge < -0.3 is 16.0 Å². The summed E-state index contributed by atoms with van der Waals surface area (Å²) in [6, 6.07) is 19.4. The first-order valence-electron chi connectivity index (χ1n) is 9.29. The second-order valence-electron chi connectivity index (χ2n) is 6.70. The van der Waals surface area contributed by atoms with Gasteiger partial charge in [0.05, 0.1) is 5.69 Å². The van der Waals surface area contributed by atoms with Crippen LogP contribution in [0.25, 0.3) is 16.9 Å². The zero-order chi connectivity index (χ0) is 18.6. The van der Waals surface area contributed by atoms with Gasteiger partial charge in [0.15, 0.2) is 5.82 Å². The van der Waals surface area contributed by atoms with E-state index < -0.39 is 0 Å². The molecule has 0 radical (unpaired) electrons. The summed E-state index contributed by atoms with van der Waals surface area (Å²) in [6.45, 7) is 1.55. The predicted octanol–water partition coefficient (Wildman–Crippen LogP) is 4.14. The Bertz CT molecular complexity index is 915. The number of hydrogen-bond acceptors (Lipinski definition) is 3. The number of urea groups is 1. The van der Waals surface area contributed by atoms with E-state index in [9.17, 15) is 4.79 Å². The standard InChI is InChI=1S/C21H23N5O/c22-20-19(23-21(27)25-14-8-3-9-15-25)18(16-10-4-1-5-11-16)24-26(20)17-12-6-2-7-13-17/h1-2,4-7,10-13H,3,8-9,14-15,22H2,(H,23,27). The molecule has 0 spiro atoms. The lowest BCUT2D eigenvalue weighted by Gasteiger charge is -2.26. The van der Waals surface area contributed by atoms with Crippen molar-refractivity contribution in [3.05, 3.63) is 60.7 Å². The summed E-state index contributed by atoms with van der Waals surface area (Å²) in [5.74, 6) is 0.422. The summed E-state index contributed by atoms with van der Waals surface area (Å²) in [5, 5.41) is 7.72. The highest BCUT2D eigenvalue weighted by atomic mass is 16.2. The molecule has 0 saturated carbocycles. The van der Waals surface area contributed by atoms with Crippen molar-refractivity contribution in [2.45, 2.75) is 19.3 Å². The summed E-state index contributed by atoms with van der Waals surface area (Å²) >= 11 is 0. The molecule has 0 aliphatic carbocycles. The number of nitrogen functional groups attached to an aromatic ring is 1. The molecule has 27 heavy (non-hydrogen) atoms. The van der Waals surface area contributed by atoms with Crippen molar-refractivity contribution in [3.8, 4) is 16.9 Å². The Morgan fingerprint density at radius 1 is 0.926 bits per heavy atom. The van der Waals surface area contributed by atoms with E-state index >= 15 is 0 Å². The average Bonchev–Trinajstić information content (AvgIpc) is 3.06. The summed E-state index contributed by atoms with van der Waals surface area (Å²) in [6.07, 6.45) is 3.25. The summed E-state index contributed by atoms with van der Waals surface area (Å²) in [5.41, 5.74) is 9.41. The molecule has 1 fully saturated rings. The van der Waals surface area contributed by atoms with Crippen LogP contribution in [0.5, 0.6) is 0 Å². The second-order valence-corrected chi connectivity index (χ2v) is 6.70. The number of anilines is 2. The Kier molecular flexibility index (Phi) is 4.78. The number of benzene rings is 2. The lowest BCUT2D eigenvalue weighted by atomic mass is 10.1. The second kappa shape index (κ2) is 7.53. The third kappa shape index (κ3) is 3.51. The van der Waals surface area contributed by atoms with E-state index in [2.05, 4.69) is 5.32 Å². The van der Waals surface area contributed by atoms with Gasteiger partial charge in [-0.15, -0.1) is 0 Å². The highest BCUT2D eigenvalue weighted by Crippen LogP contribution is 2.34. The van der Waals surface area contributed by atoms with Crippen LogP contribution in [-0.2, 0) is 0 Å². The minimum absolute atomic E-state index is 0.119. The maximum atomic E-state index is 12.8. The Morgan fingerprint density at radius 3 is 2.22 bits per heavy atom. The van der Waals surface area contributed by atoms with E-state index in [4.69, 9.17) is 10.8 Å². The molecular formula is C21H23N5O. The van der Waals surface area contributed by atoms with E-state index in [1.165, 1.54) is 6.42 Å². The Hall–Kier alpha value is -3.28. The van der Waals surface area contributed by atoms with Gasteiger partial charge in [-0.05, 0) is 31.4 Å². The molecule has 0 unspecified atom stereocenters. The number of nitrogens with zero attached hydrogens (tertiary/aromatic N) is 3. The molecule has 0 atom stereocenters. The Labute approximate surface area is 158 Å². The molecule has 3 aromatic rings. The predicted molar refractivity (Wildman–Crippen MR) is 108 cm³/mol. The fourth-order valence-corrected chi connectivity index (χ4v) is 3.40. The molecule has 1 aliphatic heterocycles. The number of likely N-dealkylation sites (tertiary alicyclic amines) is 1. The molecule has 1 saturated heterocycles. The maximum Gasteiger partial charge on any atom is 0.322 e. The van der Waals surface area contributed by atoms with E-state index in [1.807, 2.05) is 65.6 Å². The molecule has 1 aliphatic rings. The van der Waals surface area contributed by atoms with Crippen molar-refractivity contribution in [3.63, 3.8) is 0 Å². The molecule has 2 aromatic carbocycles. The van der Waals surface area contributed by atoms with E-state index in [0.29, 0.717) is 17.2 Å². The van der Waals surface area contributed by atoms with Crippen LogP contribution in [0.4, 0.5) is 16.3 Å². The zero-order valence-corrected chi connectivity index (χ0v) is 15.1. The average molecular weight is 361 g/mol. The smallest absolute Gasteiger partial charge is 0.322 e. The topological polar surface area (TPSA) is 76.2 Å². The quantitative estimate of drug-likeness (QED) is 0.736. The molecule has 2 heterocycles. The number of carbonyl (C=O) groups is 1. The third-order valence-corrected chi connectivity index (χ3v) is 4.84. The zero-order valence-electron chi connectivity index (χ0n) is 15.1. The van der Waals surface area contributed by atoms with Crippen LogP contribution in [0.2, 0.25) is 0 Å². The molecular weight excluding hydrogens is 338 g/mol. The summed E-state index contributed by atoms with van der Waals surface area (Å²) in [7, 11) is 0. The van der Waals surface area contributed by atoms with Gasteiger partial charge in [0, 0.05) is 18.7 Å². The normalized spacial score (nSPS) is 14.1. The number of nitrogens with one attached hydrogen (secondary N) is 1. The van der Waals surface area contributed by atoms with Crippen molar-refractivity contribution in [1.29, 1.82) is 0 Å². The minimum Gasteiger partial charge on any atom is -0.382 e. The molecule has 2 amide bonds. The van der Waals surface area contributed by atoms with Crippen LogP contribution in [0.1, 0.15) is 19.3 Å². The van der Waals surface area contributed by atoms with Gasteiger partial charge in [-0.2, -0.15) is 5.10 Å². The summed E-state index contributed by atoms with van der Waals surface area (Å²) < 4.78 is 1.67. The third-order valence-electron chi connectivity index (χ3n) is 4.84. The van der Waals surface area contributed by atoms with Crippen LogP contribution < -0.4 is 11.1 Å². The number of rotatable bonds is 3. The minimum atomic E-state index is -0.119. The van der Waals surface area contributed by atoms with E-state index in [0.717, 1.165) is 37.2 Å². The first-order valence-corrected chi connectivity index (χ1v) is 9.29. The van der Waals surface area contributed by atoms with Crippen LogP contribution in [-0.4, -0.2) is 33.8 Å². The Balaban J connectivity index is 1.74. The molecule has 0 bridgehead atoms. The highest BCUT2D eigenvalue weighted by molar-refractivity contribution is 5.97. The van der Waals surface area contributed by atoms with Gasteiger partial charge in [0.1, 0.15) is 11.4 Å². The molecule has 1 aromatic heterocycles. The van der Waals surface area contributed by atoms with Crippen molar-refractivity contribution in [1.82, 2.24) is 14.7 Å². The fourth-order valence-electron chi connectivity index (χ4n) is 3.40. The van der Waals surface area contributed by atoms with Gasteiger partial charge in [-0.1, -0.05) is 48.5 Å². The Morgan fingerprint density at radius 2 is 1.56 bits per heavy atom. The lowest BCUT2D eigenvalue weighted by Crippen LogP contribution is -2.38. The lowest BCUT2D eigenvalue weighted by molar-refractivity contribution is 0.200. The summed E-state index contributed by atoms with van der Waals surface area (Å²) in [4.78, 5) is 14.6. The van der Waals surface area contributed by atoms with Crippen molar-refractivity contribution >= 4 is 17.5 Å². The van der Waals surface area contributed by atoms with Crippen LogP contribution >= 0.6 is 0 Å². The molecule has 6 nitrogen and oxygen atoms in total. The monoisotopic (exact) mass is 361 g/mol. The van der Waals surface area contributed by atoms with Gasteiger partial charge in [0.2, 0.25) is 0 Å². The number of aromatic nitrogens is 2. The number of hydrogen-bond donors (Lipinski definition) is 2. The van der Waals surface area contributed by atoms with Crippen LogP contribution in [0.3, 0.4) is 0 Å². The number of amides is 2. The van der Waals surface area contributed by atoms with E-state index in [-0.39, 0.29) is 6.03 Å². The van der Waals surface area contributed by atoms with Crippen molar-refractivity contribution in [2.75, 3.05) is 24.1 Å². The largest absolute Gasteiger partial charge is 0.382 e. The molecule has 138 valence electrons. The SMILES string of the molecule is Nc1c(NC(=O)N2CCCCC2)c(-c2ccccc2)nn1-c1ccccc1. The first kappa shape index (κ1) is 17.1. The van der Waals surface area contributed by atoms with Gasteiger partial charge in [-0.3, -0.25) is 0 Å². The fraction of sp³-hybridized carbons (Fsp3) is 0.238. The van der Waals surface area contributed by atoms with Crippen molar-refractivity contribution < 1.29 is 4.79 Å². The molecule has 3 N–H and O–H groups in total. The van der Waals surface area contributed by atoms with Gasteiger partial charge >= 0.3 is 6.03 Å². The highest BCUT2D eigenvalue weighted by Gasteiger charge is 2.23. The maximum absolute atomic E-state index is 12.8. The molecule has 6 heteroatoms. The number of piperidine rings is 1. The van der Waals surface area contributed by atoms with Gasteiger partial charge in [0.25, 0.3) is 0 Å². The van der Waals surface area contributed by atoms with Crippen molar-refractivity contribution in [2.24, 2.45) is 0 Å². The first-order chi connectivity index (χ1) is 13.2. The molecule has 4 rings (SSSR count). The number of para-hydroxylation sites is 1. The number of nitrogens with two attached hydrogens (primary N) is 1. The van der Waals surface area contributed by atoms with E-state index in [1.54, 1.807) is 4.68 Å². The van der Waals surface area contributed by atoms with Gasteiger partial charge in [-0.25, -0.2) is 9.48 Å².